The molecule has 0 aromatic carbocycles. The zero-order valence-corrected chi connectivity index (χ0v) is 9.80. The molecule has 2 nitrogen and oxygen atoms in total. The highest BCUT2D eigenvalue weighted by atomic mass is 16.5. The third kappa shape index (κ3) is 1.85. The molecule has 2 unspecified atom stereocenters. The molecule has 2 saturated carbocycles. The van der Waals surface area contributed by atoms with Crippen molar-refractivity contribution in [3.8, 4) is 0 Å². The first kappa shape index (κ1) is 11.2. The van der Waals surface area contributed by atoms with Gasteiger partial charge in [-0.3, -0.25) is 0 Å². The van der Waals surface area contributed by atoms with Gasteiger partial charge < -0.3 is 10.1 Å². The molecule has 0 aromatic rings. The van der Waals surface area contributed by atoms with Gasteiger partial charge in [0.1, 0.15) is 0 Å². The highest BCUT2D eigenvalue weighted by Gasteiger charge is 2.56. The van der Waals surface area contributed by atoms with Gasteiger partial charge in [-0.25, -0.2) is 0 Å². The molecule has 0 aromatic heterocycles. The van der Waals surface area contributed by atoms with Crippen LogP contribution in [0, 0.1) is 5.41 Å². The van der Waals surface area contributed by atoms with Crippen LogP contribution in [0.3, 0.4) is 0 Å². The van der Waals surface area contributed by atoms with Crippen molar-refractivity contribution in [2.45, 2.75) is 51.2 Å². The van der Waals surface area contributed by atoms with Gasteiger partial charge in [0.05, 0.1) is 6.10 Å². The summed E-state index contributed by atoms with van der Waals surface area (Å²) in [6.07, 6.45) is 9.15. The predicted molar refractivity (Wildman–Crippen MR) is 62.9 cm³/mol. The lowest BCUT2D eigenvalue weighted by molar-refractivity contribution is -0.129. The molecule has 0 aliphatic heterocycles. The first-order valence-corrected chi connectivity index (χ1v) is 6.29. The van der Waals surface area contributed by atoms with E-state index in [1.165, 1.54) is 32.1 Å². The van der Waals surface area contributed by atoms with Gasteiger partial charge in [-0.2, -0.15) is 0 Å². The lowest BCUT2D eigenvalue weighted by Crippen LogP contribution is -2.62. The van der Waals surface area contributed by atoms with Crippen LogP contribution in [0.15, 0.2) is 12.7 Å². The Hall–Kier alpha value is -0.340. The highest BCUT2D eigenvalue weighted by molar-refractivity contribution is 5.10. The van der Waals surface area contributed by atoms with Gasteiger partial charge in [0.2, 0.25) is 0 Å². The molecule has 15 heavy (non-hydrogen) atoms. The van der Waals surface area contributed by atoms with E-state index < -0.39 is 0 Å². The molecule has 2 aliphatic carbocycles. The number of hydrogen-bond acceptors (Lipinski definition) is 2. The number of rotatable bonds is 5. The second-order valence-electron chi connectivity index (χ2n) is 4.87. The van der Waals surface area contributed by atoms with Crippen molar-refractivity contribution in [3.63, 3.8) is 0 Å². The van der Waals surface area contributed by atoms with Gasteiger partial charge in [0, 0.05) is 24.6 Å². The summed E-state index contributed by atoms with van der Waals surface area (Å²) in [7, 11) is 0. The minimum atomic E-state index is 0.471. The largest absolute Gasteiger partial charge is 0.378 e. The molecular weight excluding hydrogens is 186 g/mol. The Bertz CT molecular complexity index is 221. The molecule has 0 bridgehead atoms. The summed E-state index contributed by atoms with van der Waals surface area (Å²) in [5.74, 6) is 0. The fourth-order valence-electron chi connectivity index (χ4n) is 3.40. The number of nitrogens with one attached hydrogen (secondary N) is 1. The maximum Gasteiger partial charge on any atom is 0.0661 e. The van der Waals surface area contributed by atoms with E-state index in [9.17, 15) is 0 Å². The Kier molecular flexibility index (Phi) is 3.47. The minimum Gasteiger partial charge on any atom is -0.378 e. The van der Waals surface area contributed by atoms with Gasteiger partial charge in [0.25, 0.3) is 0 Å². The minimum absolute atomic E-state index is 0.471. The van der Waals surface area contributed by atoms with Crippen molar-refractivity contribution in [1.82, 2.24) is 5.32 Å². The highest BCUT2D eigenvalue weighted by Crippen LogP contribution is 2.54. The topological polar surface area (TPSA) is 21.3 Å². The Morgan fingerprint density at radius 3 is 2.80 bits per heavy atom. The van der Waals surface area contributed by atoms with E-state index in [0.29, 0.717) is 17.6 Å². The lowest BCUT2D eigenvalue weighted by Gasteiger charge is -2.54. The summed E-state index contributed by atoms with van der Waals surface area (Å²) in [6, 6.07) is 0.676. The van der Waals surface area contributed by atoms with Gasteiger partial charge >= 0.3 is 0 Å². The first-order valence-electron chi connectivity index (χ1n) is 6.29. The van der Waals surface area contributed by atoms with Crippen molar-refractivity contribution in [2.75, 3.05) is 13.2 Å². The SMILES string of the molecule is C=CCNC1CC(OCC)C12CCCC2. The van der Waals surface area contributed by atoms with E-state index >= 15 is 0 Å². The van der Waals surface area contributed by atoms with Crippen molar-refractivity contribution >= 4 is 0 Å². The zero-order chi connectivity index (χ0) is 10.7. The normalized spacial score (nSPS) is 32.9. The summed E-state index contributed by atoms with van der Waals surface area (Å²) >= 11 is 0. The number of ether oxygens (including phenoxy) is 1. The summed E-state index contributed by atoms with van der Waals surface area (Å²) in [4.78, 5) is 0. The van der Waals surface area contributed by atoms with Crippen molar-refractivity contribution in [2.24, 2.45) is 5.41 Å². The fraction of sp³-hybridized carbons (Fsp3) is 0.846. The van der Waals surface area contributed by atoms with Crippen LogP contribution in [0.1, 0.15) is 39.0 Å². The quantitative estimate of drug-likeness (QED) is 0.702. The molecule has 2 atom stereocenters. The van der Waals surface area contributed by atoms with E-state index in [-0.39, 0.29) is 0 Å². The van der Waals surface area contributed by atoms with Crippen molar-refractivity contribution in [3.05, 3.63) is 12.7 Å². The fourth-order valence-corrected chi connectivity index (χ4v) is 3.40. The molecule has 2 rings (SSSR count). The van der Waals surface area contributed by atoms with E-state index in [2.05, 4.69) is 18.8 Å². The summed E-state index contributed by atoms with van der Waals surface area (Å²) in [6.45, 7) is 7.67. The Labute approximate surface area is 93.1 Å². The molecule has 1 spiro atoms. The molecule has 86 valence electrons. The second-order valence-corrected chi connectivity index (χ2v) is 4.87. The summed E-state index contributed by atoms with van der Waals surface area (Å²) < 4.78 is 5.86. The maximum absolute atomic E-state index is 5.86. The van der Waals surface area contributed by atoms with Gasteiger partial charge in [0.15, 0.2) is 0 Å². The molecular formula is C13H23NO. The molecule has 0 heterocycles. The standard InChI is InChI=1S/C13H23NO/c1-3-9-14-11-10-12(15-4-2)13(11)7-5-6-8-13/h3,11-12,14H,1,4-10H2,2H3. The third-order valence-corrected chi connectivity index (χ3v) is 4.20. The van der Waals surface area contributed by atoms with E-state index in [1.807, 2.05) is 6.08 Å². The van der Waals surface area contributed by atoms with Crippen LogP contribution in [0.5, 0.6) is 0 Å². The van der Waals surface area contributed by atoms with Crippen molar-refractivity contribution in [1.29, 1.82) is 0 Å². The molecule has 0 radical (unpaired) electrons. The van der Waals surface area contributed by atoms with Gasteiger partial charge in [-0.15, -0.1) is 6.58 Å². The molecule has 1 N–H and O–H groups in total. The second kappa shape index (κ2) is 4.67. The summed E-state index contributed by atoms with van der Waals surface area (Å²) in [5.41, 5.74) is 0.471. The third-order valence-electron chi connectivity index (χ3n) is 4.20. The smallest absolute Gasteiger partial charge is 0.0661 e. The monoisotopic (exact) mass is 209 g/mol. The Morgan fingerprint density at radius 1 is 1.47 bits per heavy atom. The van der Waals surface area contributed by atoms with Crippen LogP contribution in [-0.4, -0.2) is 25.3 Å². The lowest BCUT2D eigenvalue weighted by atomic mass is 9.60. The van der Waals surface area contributed by atoms with E-state index in [0.717, 1.165) is 13.2 Å². The molecule has 2 fully saturated rings. The van der Waals surface area contributed by atoms with Crippen LogP contribution in [0.2, 0.25) is 0 Å². The zero-order valence-electron chi connectivity index (χ0n) is 9.80. The van der Waals surface area contributed by atoms with Crippen LogP contribution >= 0.6 is 0 Å². The average molecular weight is 209 g/mol. The molecule has 0 amide bonds. The van der Waals surface area contributed by atoms with E-state index in [4.69, 9.17) is 4.74 Å². The Balaban J connectivity index is 1.94. The molecule has 0 saturated heterocycles. The van der Waals surface area contributed by atoms with Crippen LogP contribution in [-0.2, 0) is 4.74 Å². The number of hydrogen-bond donors (Lipinski definition) is 1. The molecule has 2 heteroatoms. The Morgan fingerprint density at radius 2 is 2.20 bits per heavy atom. The molecule has 2 aliphatic rings. The first-order chi connectivity index (χ1) is 7.33. The maximum atomic E-state index is 5.86. The van der Waals surface area contributed by atoms with Crippen LogP contribution < -0.4 is 5.32 Å². The summed E-state index contributed by atoms with van der Waals surface area (Å²) in [5, 5.41) is 3.59. The predicted octanol–water partition coefficient (Wildman–Crippen LogP) is 2.50. The average Bonchev–Trinajstić information content (AvgIpc) is 2.74. The van der Waals surface area contributed by atoms with E-state index in [1.54, 1.807) is 0 Å². The van der Waals surface area contributed by atoms with Crippen LogP contribution in [0.4, 0.5) is 0 Å². The van der Waals surface area contributed by atoms with Gasteiger partial charge in [-0.1, -0.05) is 18.9 Å². The van der Waals surface area contributed by atoms with Crippen LogP contribution in [0.25, 0.3) is 0 Å². The van der Waals surface area contributed by atoms with Gasteiger partial charge in [-0.05, 0) is 26.2 Å². The van der Waals surface area contributed by atoms with Crippen molar-refractivity contribution < 1.29 is 4.74 Å².